The van der Waals surface area contributed by atoms with Crippen LogP contribution in [0.25, 0.3) is 0 Å². The van der Waals surface area contributed by atoms with E-state index < -0.39 is 0 Å². The van der Waals surface area contributed by atoms with Crippen LogP contribution >= 0.6 is 0 Å². The first-order chi connectivity index (χ1) is 9.24. The maximum Gasteiger partial charge on any atom is 0.315 e. The average molecular weight is 261 g/mol. The summed E-state index contributed by atoms with van der Waals surface area (Å²) >= 11 is 0. The normalized spacial score (nSPS) is 10.9. The van der Waals surface area contributed by atoms with Crippen molar-refractivity contribution >= 4 is 6.01 Å². The molecule has 0 saturated carbocycles. The topological polar surface area (TPSA) is 75.9 Å². The van der Waals surface area contributed by atoms with E-state index in [9.17, 15) is 0 Å². The summed E-state index contributed by atoms with van der Waals surface area (Å²) in [6.07, 6.45) is 2.61. The molecule has 0 amide bonds. The van der Waals surface area contributed by atoms with Crippen LogP contribution < -0.4 is 10.6 Å². The van der Waals surface area contributed by atoms with Crippen molar-refractivity contribution in [3.63, 3.8) is 0 Å². The largest absolute Gasteiger partial charge is 0.407 e. The van der Waals surface area contributed by atoms with Crippen LogP contribution in [0.15, 0.2) is 28.8 Å². The molecule has 2 heterocycles. The van der Waals surface area contributed by atoms with Crippen molar-refractivity contribution in [3.8, 4) is 0 Å². The maximum absolute atomic E-state index is 5.46. The zero-order chi connectivity index (χ0) is 13.5. The summed E-state index contributed by atoms with van der Waals surface area (Å²) in [6, 6.07) is 6.73. The number of anilines is 1. The van der Waals surface area contributed by atoms with Gasteiger partial charge in [-0.25, -0.2) is 0 Å². The summed E-state index contributed by atoms with van der Waals surface area (Å²) in [5.74, 6) is 0.592. The lowest BCUT2D eigenvalue weighted by atomic mass is 10.3. The van der Waals surface area contributed by atoms with Crippen molar-refractivity contribution in [2.24, 2.45) is 0 Å². The first-order valence-corrected chi connectivity index (χ1v) is 6.43. The van der Waals surface area contributed by atoms with E-state index in [4.69, 9.17) is 4.42 Å². The summed E-state index contributed by atoms with van der Waals surface area (Å²) in [6.45, 7) is 5.45. The van der Waals surface area contributed by atoms with Gasteiger partial charge >= 0.3 is 6.01 Å². The number of hydrogen-bond acceptors (Lipinski definition) is 6. The molecule has 102 valence electrons. The van der Waals surface area contributed by atoms with Gasteiger partial charge in [0.2, 0.25) is 5.89 Å². The summed E-state index contributed by atoms with van der Waals surface area (Å²) in [4.78, 5) is 4.25. The molecule has 0 spiro atoms. The van der Waals surface area contributed by atoms with E-state index in [1.54, 1.807) is 6.20 Å². The van der Waals surface area contributed by atoms with Gasteiger partial charge in [-0.05, 0) is 12.1 Å². The Labute approximate surface area is 112 Å². The molecule has 6 nitrogen and oxygen atoms in total. The summed E-state index contributed by atoms with van der Waals surface area (Å²) in [5.41, 5.74) is 1.04. The van der Waals surface area contributed by atoms with Gasteiger partial charge in [-0.3, -0.25) is 4.98 Å². The number of hydrogen-bond donors (Lipinski definition) is 2. The third-order valence-corrected chi connectivity index (χ3v) is 2.51. The molecule has 2 N–H and O–H groups in total. The molecule has 0 aliphatic rings. The van der Waals surface area contributed by atoms with Gasteiger partial charge in [0.05, 0.1) is 6.54 Å². The minimum atomic E-state index is 0.396. The lowest BCUT2D eigenvalue weighted by Crippen LogP contribution is -2.21. The van der Waals surface area contributed by atoms with E-state index in [-0.39, 0.29) is 0 Å². The van der Waals surface area contributed by atoms with Crippen LogP contribution in [0.1, 0.15) is 25.4 Å². The second kappa shape index (κ2) is 6.84. The quantitative estimate of drug-likeness (QED) is 0.788. The van der Waals surface area contributed by atoms with E-state index in [1.807, 2.05) is 18.2 Å². The molecule has 6 heteroatoms. The molecule has 19 heavy (non-hydrogen) atoms. The summed E-state index contributed by atoms with van der Waals surface area (Å²) in [7, 11) is 0. The first-order valence-electron chi connectivity index (χ1n) is 6.43. The fourth-order valence-electron chi connectivity index (χ4n) is 1.53. The van der Waals surface area contributed by atoms with Gasteiger partial charge in [0.25, 0.3) is 0 Å². The lowest BCUT2D eigenvalue weighted by Gasteiger charge is -2.03. The number of aromatic nitrogens is 3. The minimum Gasteiger partial charge on any atom is -0.407 e. The lowest BCUT2D eigenvalue weighted by molar-refractivity contribution is 0.458. The number of nitrogens with zero attached hydrogens (tertiary/aromatic N) is 3. The Kier molecular flexibility index (Phi) is 4.85. The van der Waals surface area contributed by atoms with Gasteiger partial charge in [-0.15, -0.1) is 5.10 Å². The zero-order valence-corrected chi connectivity index (χ0v) is 11.3. The molecule has 2 aromatic rings. The maximum atomic E-state index is 5.46. The Bertz CT molecular complexity index is 483. The van der Waals surface area contributed by atoms with Crippen LogP contribution in [0.4, 0.5) is 6.01 Å². The van der Waals surface area contributed by atoms with Crippen LogP contribution in [0, 0.1) is 0 Å². The van der Waals surface area contributed by atoms with Crippen molar-refractivity contribution in [1.82, 2.24) is 20.5 Å². The minimum absolute atomic E-state index is 0.396. The van der Waals surface area contributed by atoms with Crippen molar-refractivity contribution in [1.29, 1.82) is 0 Å². The van der Waals surface area contributed by atoms with Crippen LogP contribution in [0.2, 0.25) is 0 Å². The average Bonchev–Trinajstić information content (AvgIpc) is 2.86. The molecule has 0 aromatic carbocycles. The monoisotopic (exact) mass is 261 g/mol. The first kappa shape index (κ1) is 13.5. The Morgan fingerprint density at radius 3 is 2.89 bits per heavy atom. The highest BCUT2D eigenvalue weighted by Crippen LogP contribution is 2.05. The number of nitrogens with one attached hydrogen (secondary N) is 2. The fraction of sp³-hybridized carbons (Fsp3) is 0.462. The molecule has 0 bridgehead atoms. The second-order valence-electron chi connectivity index (χ2n) is 4.53. The molecule has 0 aliphatic heterocycles. The molecule has 0 aliphatic carbocycles. The summed E-state index contributed by atoms with van der Waals surface area (Å²) in [5, 5.41) is 14.2. The van der Waals surface area contributed by atoms with E-state index in [2.05, 4.69) is 39.7 Å². The Balaban J connectivity index is 1.74. The smallest absolute Gasteiger partial charge is 0.315 e. The van der Waals surface area contributed by atoms with Crippen LogP contribution in [0.5, 0.6) is 0 Å². The molecule has 0 radical (unpaired) electrons. The van der Waals surface area contributed by atoms with Crippen LogP contribution in [-0.2, 0) is 13.0 Å². The molecular weight excluding hydrogens is 242 g/mol. The van der Waals surface area contributed by atoms with E-state index >= 15 is 0 Å². The van der Waals surface area contributed by atoms with Gasteiger partial charge < -0.3 is 15.1 Å². The number of pyridine rings is 1. The van der Waals surface area contributed by atoms with Crippen LogP contribution in [-0.4, -0.2) is 27.8 Å². The highest BCUT2D eigenvalue weighted by molar-refractivity contribution is 5.17. The predicted molar refractivity (Wildman–Crippen MR) is 72.7 cm³/mol. The Morgan fingerprint density at radius 1 is 1.26 bits per heavy atom. The third kappa shape index (κ3) is 4.67. The molecule has 0 saturated heterocycles. The Morgan fingerprint density at radius 2 is 2.16 bits per heavy atom. The van der Waals surface area contributed by atoms with E-state index in [1.165, 1.54) is 0 Å². The molecular formula is C13H19N5O. The summed E-state index contributed by atoms with van der Waals surface area (Å²) < 4.78 is 5.46. The van der Waals surface area contributed by atoms with Gasteiger partial charge in [0, 0.05) is 30.9 Å². The Hall–Kier alpha value is -1.95. The zero-order valence-electron chi connectivity index (χ0n) is 11.3. The van der Waals surface area contributed by atoms with Crippen molar-refractivity contribution in [2.75, 3.05) is 11.9 Å². The van der Waals surface area contributed by atoms with Crippen LogP contribution in [0.3, 0.4) is 0 Å². The van der Waals surface area contributed by atoms with E-state index in [0.717, 1.165) is 18.7 Å². The second-order valence-corrected chi connectivity index (χ2v) is 4.53. The SMILES string of the molecule is CC(C)NCc1nnc(NCCc2ccccn2)o1. The molecule has 2 rings (SSSR count). The molecule has 0 atom stereocenters. The predicted octanol–water partition coefficient (Wildman–Crippen LogP) is 1.62. The highest BCUT2D eigenvalue weighted by Gasteiger charge is 2.05. The number of rotatable bonds is 7. The fourth-order valence-corrected chi connectivity index (χ4v) is 1.53. The third-order valence-electron chi connectivity index (χ3n) is 2.51. The van der Waals surface area contributed by atoms with Crippen molar-refractivity contribution in [2.45, 2.75) is 32.9 Å². The van der Waals surface area contributed by atoms with Gasteiger partial charge in [0.1, 0.15) is 0 Å². The van der Waals surface area contributed by atoms with Gasteiger partial charge in [0.15, 0.2) is 0 Å². The van der Waals surface area contributed by atoms with Crippen molar-refractivity contribution in [3.05, 3.63) is 36.0 Å². The molecule has 2 aromatic heterocycles. The van der Waals surface area contributed by atoms with Gasteiger partial charge in [-0.1, -0.05) is 25.0 Å². The van der Waals surface area contributed by atoms with Gasteiger partial charge in [-0.2, -0.15) is 0 Å². The highest BCUT2D eigenvalue weighted by atomic mass is 16.4. The molecule has 0 fully saturated rings. The standard InChI is InChI=1S/C13H19N5O/c1-10(2)16-9-12-17-18-13(19-12)15-8-6-11-5-3-4-7-14-11/h3-5,7,10,16H,6,8-9H2,1-2H3,(H,15,18). The van der Waals surface area contributed by atoms with Crippen molar-refractivity contribution < 1.29 is 4.42 Å². The van der Waals surface area contributed by atoms with E-state index in [0.29, 0.717) is 24.5 Å². The molecule has 0 unspecified atom stereocenters.